The van der Waals surface area contributed by atoms with Gasteiger partial charge in [0.15, 0.2) is 0 Å². The second-order valence-electron chi connectivity index (χ2n) is 5.56. The van der Waals surface area contributed by atoms with Gasteiger partial charge in [-0.05, 0) is 50.0 Å². The molecule has 1 aliphatic heterocycles. The van der Waals surface area contributed by atoms with Gasteiger partial charge in [-0.1, -0.05) is 6.42 Å². The van der Waals surface area contributed by atoms with Crippen LogP contribution in [0.3, 0.4) is 0 Å². The van der Waals surface area contributed by atoms with Crippen LogP contribution in [0.25, 0.3) is 0 Å². The summed E-state index contributed by atoms with van der Waals surface area (Å²) in [6, 6.07) is 0. The number of aliphatic hydroxyl groups excluding tert-OH is 1. The molecule has 0 bridgehead atoms. The van der Waals surface area contributed by atoms with Gasteiger partial charge in [-0.3, -0.25) is 0 Å². The predicted octanol–water partition coefficient (Wildman–Crippen LogP) is 1.49. The Hall–Kier alpha value is -0.0800. The van der Waals surface area contributed by atoms with Gasteiger partial charge in [0.2, 0.25) is 0 Å². The minimum atomic E-state index is 0.0205. The molecule has 2 saturated carbocycles. The highest BCUT2D eigenvalue weighted by Gasteiger charge is 2.44. The first kappa shape index (κ1) is 9.17. The lowest BCUT2D eigenvalue weighted by Crippen LogP contribution is -2.27. The molecule has 3 fully saturated rings. The Morgan fingerprint density at radius 3 is 2.57 bits per heavy atom. The maximum atomic E-state index is 9.71. The molecule has 3 rings (SSSR count). The summed E-state index contributed by atoms with van der Waals surface area (Å²) in [6.07, 6.45) is 6.32. The van der Waals surface area contributed by atoms with Crippen molar-refractivity contribution in [1.29, 1.82) is 0 Å². The normalized spacial score (nSPS) is 46.9. The highest BCUT2D eigenvalue weighted by molar-refractivity contribution is 4.96. The maximum absolute atomic E-state index is 9.71. The molecule has 2 nitrogen and oxygen atoms in total. The number of fused-ring (bicyclic) bond motifs is 1. The number of rotatable bonds is 3. The summed E-state index contributed by atoms with van der Waals surface area (Å²) in [6.45, 7) is 3.95. The van der Waals surface area contributed by atoms with E-state index in [0.29, 0.717) is 5.92 Å². The Morgan fingerprint density at radius 1 is 1.14 bits per heavy atom. The molecule has 1 heterocycles. The number of likely N-dealkylation sites (tertiary alicyclic amines) is 1. The van der Waals surface area contributed by atoms with E-state index in [0.717, 1.165) is 18.3 Å². The van der Waals surface area contributed by atoms with Crippen molar-refractivity contribution >= 4 is 0 Å². The van der Waals surface area contributed by atoms with Gasteiger partial charge < -0.3 is 10.0 Å². The zero-order valence-electron chi connectivity index (χ0n) is 8.86. The molecule has 1 saturated heterocycles. The molecule has 80 valence electrons. The maximum Gasteiger partial charge on any atom is 0.0568 e. The van der Waals surface area contributed by atoms with E-state index < -0.39 is 0 Å². The molecule has 0 radical (unpaired) electrons. The van der Waals surface area contributed by atoms with E-state index in [9.17, 15) is 5.11 Å². The fourth-order valence-electron chi connectivity index (χ4n) is 3.38. The van der Waals surface area contributed by atoms with Crippen molar-refractivity contribution in [2.24, 2.45) is 17.8 Å². The summed E-state index contributed by atoms with van der Waals surface area (Å²) in [4.78, 5) is 2.61. The number of nitrogens with zero attached hydrogens (tertiary/aromatic N) is 1. The van der Waals surface area contributed by atoms with Crippen LogP contribution in [0.5, 0.6) is 0 Å². The monoisotopic (exact) mass is 195 g/mol. The molecule has 4 atom stereocenters. The molecule has 0 amide bonds. The Kier molecular flexibility index (Phi) is 2.29. The zero-order valence-corrected chi connectivity index (χ0v) is 8.86. The lowest BCUT2D eigenvalue weighted by molar-refractivity contribution is 0.119. The molecule has 0 aromatic heterocycles. The highest BCUT2D eigenvalue weighted by Crippen LogP contribution is 2.45. The molecule has 2 heteroatoms. The summed E-state index contributed by atoms with van der Waals surface area (Å²) in [5.74, 6) is 2.74. The first-order chi connectivity index (χ1) is 6.83. The molecular formula is C12H21NO. The Bertz CT molecular complexity index is 208. The Labute approximate surface area is 86.3 Å². The lowest BCUT2D eigenvalue weighted by Gasteiger charge is -2.21. The van der Waals surface area contributed by atoms with Crippen molar-refractivity contribution in [3.05, 3.63) is 0 Å². The van der Waals surface area contributed by atoms with Crippen molar-refractivity contribution in [3.8, 4) is 0 Å². The second-order valence-corrected chi connectivity index (χ2v) is 5.56. The third kappa shape index (κ3) is 1.70. The SMILES string of the molecule is OC1CCCC1CCN1CC2CC2C1. The van der Waals surface area contributed by atoms with E-state index in [1.807, 2.05) is 0 Å². The molecule has 1 N–H and O–H groups in total. The first-order valence-corrected chi connectivity index (χ1v) is 6.23. The molecule has 0 aromatic rings. The standard InChI is InChI=1S/C12H21NO/c14-12-3-1-2-9(12)4-5-13-7-10-6-11(10)8-13/h9-12,14H,1-8H2. The van der Waals surface area contributed by atoms with Gasteiger partial charge in [-0.25, -0.2) is 0 Å². The largest absolute Gasteiger partial charge is 0.393 e. The minimum Gasteiger partial charge on any atom is -0.393 e. The summed E-state index contributed by atoms with van der Waals surface area (Å²) >= 11 is 0. The van der Waals surface area contributed by atoms with Gasteiger partial charge in [-0.15, -0.1) is 0 Å². The third-order valence-electron chi connectivity index (χ3n) is 4.49. The van der Waals surface area contributed by atoms with E-state index in [1.54, 1.807) is 0 Å². The van der Waals surface area contributed by atoms with Gasteiger partial charge in [-0.2, -0.15) is 0 Å². The summed E-state index contributed by atoms with van der Waals surface area (Å²) < 4.78 is 0. The van der Waals surface area contributed by atoms with E-state index in [4.69, 9.17) is 0 Å². The molecule has 0 aromatic carbocycles. The van der Waals surface area contributed by atoms with Gasteiger partial charge in [0.05, 0.1) is 6.10 Å². The lowest BCUT2D eigenvalue weighted by atomic mass is 10.0. The first-order valence-electron chi connectivity index (χ1n) is 6.23. The van der Waals surface area contributed by atoms with E-state index in [1.165, 1.54) is 45.3 Å². The zero-order chi connectivity index (χ0) is 9.54. The fourth-order valence-corrected chi connectivity index (χ4v) is 3.38. The van der Waals surface area contributed by atoms with Gasteiger partial charge >= 0.3 is 0 Å². The van der Waals surface area contributed by atoms with E-state index in [2.05, 4.69) is 4.90 Å². The number of aliphatic hydroxyl groups is 1. The average molecular weight is 195 g/mol. The molecule has 3 aliphatic rings. The van der Waals surface area contributed by atoms with Crippen LogP contribution in [0.4, 0.5) is 0 Å². The summed E-state index contributed by atoms with van der Waals surface area (Å²) in [7, 11) is 0. The van der Waals surface area contributed by atoms with Gasteiger partial charge in [0.25, 0.3) is 0 Å². The third-order valence-corrected chi connectivity index (χ3v) is 4.49. The van der Waals surface area contributed by atoms with E-state index in [-0.39, 0.29) is 6.10 Å². The summed E-state index contributed by atoms with van der Waals surface area (Å²) in [5, 5.41) is 9.71. The molecule has 2 aliphatic carbocycles. The van der Waals surface area contributed by atoms with Crippen LogP contribution in [0.1, 0.15) is 32.1 Å². The molecular weight excluding hydrogens is 174 g/mol. The van der Waals surface area contributed by atoms with Crippen molar-refractivity contribution in [1.82, 2.24) is 4.90 Å². The predicted molar refractivity (Wildman–Crippen MR) is 56.0 cm³/mol. The fraction of sp³-hybridized carbons (Fsp3) is 1.00. The smallest absolute Gasteiger partial charge is 0.0568 e. The quantitative estimate of drug-likeness (QED) is 0.737. The van der Waals surface area contributed by atoms with Crippen LogP contribution in [0.15, 0.2) is 0 Å². The summed E-state index contributed by atoms with van der Waals surface area (Å²) in [5.41, 5.74) is 0. The van der Waals surface area contributed by atoms with Crippen LogP contribution < -0.4 is 0 Å². The Balaban J connectivity index is 1.41. The average Bonchev–Trinajstić information content (AvgIpc) is 2.61. The minimum absolute atomic E-state index is 0.0205. The van der Waals surface area contributed by atoms with Crippen LogP contribution in [-0.2, 0) is 0 Å². The number of hydrogen-bond donors (Lipinski definition) is 1. The second kappa shape index (κ2) is 3.49. The van der Waals surface area contributed by atoms with Gasteiger partial charge in [0, 0.05) is 13.1 Å². The number of hydrogen-bond acceptors (Lipinski definition) is 2. The van der Waals surface area contributed by atoms with Crippen LogP contribution in [0, 0.1) is 17.8 Å². The van der Waals surface area contributed by atoms with Crippen LogP contribution in [-0.4, -0.2) is 35.7 Å². The molecule has 14 heavy (non-hydrogen) atoms. The number of piperidine rings is 1. The van der Waals surface area contributed by atoms with Crippen molar-refractivity contribution in [2.45, 2.75) is 38.2 Å². The van der Waals surface area contributed by atoms with Crippen molar-refractivity contribution in [2.75, 3.05) is 19.6 Å². The van der Waals surface area contributed by atoms with E-state index >= 15 is 0 Å². The van der Waals surface area contributed by atoms with Crippen molar-refractivity contribution in [3.63, 3.8) is 0 Å². The van der Waals surface area contributed by atoms with Crippen LogP contribution >= 0.6 is 0 Å². The van der Waals surface area contributed by atoms with Crippen molar-refractivity contribution < 1.29 is 5.11 Å². The highest BCUT2D eigenvalue weighted by atomic mass is 16.3. The van der Waals surface area contributed by atoms with Gasteiger partial charge in [0.1, 0.15) is 0 Å². The topological polar surface area (TPSA) is 23.5 Å². The molecule has 4 unspecified atom stereocenters. The van der Waals surface area contributed by atoms with Crippen LogP contribution in [0.2, 0.25) is 0 Å². The molecule has 0 spiro atoms. The Morgan fingerprint density at radius 2 is 1.93 bits per heavy atom.